The monoisotopic (exact) mass is 321 g/mol. The van der Waals surface area contributed by atoms with E-state index in [2.05, 4.69) is 5.32 Å². The molecule has 21 heavy (non-hydrogen) atoms. The standard InChI is InChI=1S/C16H16ClNO2S/c1-20-14-7-4-6-13(9-14)18-16(19)11-21-10-12-5-2-3-8-15(12)17/h2-9H,10-11H2,1H3,(H,18,19). The normalized spacial score (nSPS) is 10.2. The number of rotatable bonds is 6. The first kappa shape index (κ1) is 15.7. The van der Waals surface area contributed by atoms with Crippen molar-refractivity contribution in [2.24, 2.45) is 0 Å². The molecule has 0 aromatic heterocycles. The van der Waals surface area contributed by atoms with Gasteiger partial charge in [0.05, 0.1) is 12.9 Å². The molecule has 2 aromatic carbocycles. The smallest absolute Gasteiger partial charge is 0.234 e. The lowest BCUT2D eigenvalue weighted by Crippen LogP contribution is -2.14. The van der Waals surface area contributed by atoms with E-state index in [0.717, 1.165) is 22.0 Å². The molecule has 0 heterocycles. The Balaban J connectivity index is 1.81. The molecule has 0 spiro atoms. The molecule has 1 amide bonds. The van der Waals surface area contributed by atoms with Crippen LogP contribution in [0.2, 0.25) is 5.02 Å². The number of ether oxygens (including phenoxy) is 1. The second kappa shape index (κ2) is 7.96. The number of thioether (sulfide) groups is 1. The molecule has 0 unspecified atom stereocenters. The number of amides is 1. The van der Waals surface area contributed by atoms with Crippen molar-refractivity contribution in [1.29, 1.82) is 0 Å². The first-order chi connectivity index (χ1) is 10.2. The van der Waals surface area contributed by atoms with E-state index in [-0.39, 0.29) is 5.91 Å². The van der Waals surface area contributed by atoms with E-state index in [4.69, 9.17) is 16.3 Å². The summed E-state index contributed by atoms with van der Waals surface area (Å²) in [4.78, 5) is 11.9. The van der Waals surface area contributed by atoms with Gasteiger partial charge in [0.1, 0.15) is 5.75 Å². The Labute approximate surface area is 133 Å². The highest BCUT2D eigenvalue weighted by atomic mass is 35.5. The third-order valence-corrected chi connectivity index (χ3v) is 4.15. The SMILES string of the molecule is COc1cccc(NC(=O)CSCc2ccccc2Cl)c1. The molecule has 0 saturated heterocycles. The van der Waals surface area contributed by atoms with Crippen molar-refractivity contribution in [3.05, 3.63) is 59.1 Å². The lowest BCUT2D eigenvalue weighted by Gasteiger charge is -2.07. The van der Waals surface area contributed by atoms with Crippen molar-refractivity contribution in [2.45, 2.75) is 5.75 Å². The van der Waals surface area contributed by atoms with Gasteiger partial charge in [0.25, 0.3) is 0 Å². The van der Waals surface area contributed by atoms with Gasteiger partial charge < -0.3 is 10.1 Å². The summed E-state index contributed by atoms with van der Waals surface area (Å²) in [6.45, 7) is 0. The quantitative estimate of drug-likeness (QED) is 0.865. The molecule has 2 aromatic rings. The lowest BCUT2D eigenvalue weighted by molar-refractivity contribution is -0.113. The van der Waals surface area contributed by atoms with E-state index >= 15 is 0 Å². The Bertz CT molecular complexity index is 619. The van der Waals surface area contributed by atoms with E-state index in [0.29, 0.717) is 11.5 Å². The summed E-state index contributed by atoms with van der Waals surface area (Å²) < 4.78 is 5.12. The Morgan fingerprint density at radius 2 is 2.05 bits per heavy atom. The van der Waals surface area contributed by atoms with Crippen LogP contribution in [0.1, 0.15) is 5.56 Å². The third-order valence-electron chi connectivity index (χ3n) is 2.80. The summed E-state index contributed by atoms with van der Waals surface area (Å²) in [6, 6.07) is 15.0. The first-order valence-electron chi connectivity index (χ1n) is 6.44. The van der Waals surface area contributed by atoms with Gasteiger partial charge in [-0.05, 0) is 23.8 Å². The molecule has 0 bridgehead atoms. The summed E-state index contributed by atoms with van der Waals surface area (Å²) in [5.74, 6) is 1.77. The fourth-order valence-electron chi connectivity index (χ4n) is 1.77. The first-order valence-corrected chi connectivity index (χ1v) is 7.97. The van der Waals surface area contributed by atoms with Gasteiger partial charge in [-0.15, -0.1) is 11.8 Å². The molecule has 2 rings (SSSR count). The Kier molecular flexibility index (Phi) is 5.96. The summed E-state index contributed by atoms with van der Waals surface area (Å²) in [5.41, 5.74) is 1.77. The Morgan fingerprint density at radius 1 is 1.24 bits per heavy atom. The number of methoxy groups -OCH3 is 1. The van der Waals surface area contributed by atoms with Crippen molar-refractivity contribution in [1.82, 2.24) is 0 Å². The summed E-state index contributed by atoms with van der Waals surface area (Å²) in [6.07, 6.45) is 0. The van der Waals surface area contributed by atoms with Crippen molar-refractivity contribution in [3.63, 3.8) is 0 Å². The largest absolute Gasteiger partial charge is 0.497 e. The molecule has 5 heteroatoms. The maximum atomic E-state index is 11.9. The molecule has 0 aliphatic carbocycles. The van der Waals surface area contributed by atoms with Crippen LogP contribution in [-0.2, 0) is 10.5 Å². The van der Waals surface area contributed by atoms with Crippen LogP contribution in [0.4, 0.5) is 5.69 Å². The molecule has 0 fully saturated rings. The van der Waals surface area contributed by atoms with Crippen molar-refractivity contribution < 1.29 is 9.53 Å². The predicted octanol–water partition coefficient (Wildman–Crippen LogP) is 4.22. The van der Waals surface area contributed by atoms with Crippen LogP contribution in [-0.4, -0.2) is 18.8 Å². The van der Waals surface area contributed by atoms with E-state index in [1.165, 1.54) is 11.8 Å². The predicted molar refractivity (Wildman–Crippen MR) is 89.2 cm³/mol. The second-order valence-electron chi connectivity index (χ2n) is 4.36. The fourth-order valence-corrected chi connectivity index (χ4v) is 2.88. The topological polar surface area (TPSA) is 38.3 Å². The highest BCUT2D eigenvalue weighted by molar-refractivity contribution is 7.99. The molecular weight excluding hydrogens is 306 g/mol. The van der Waals surface area contributed by atoms with Crippen LogP contribution in [0.25, 0.3) is 0 Å². The number of carbonyl (C=O) groups excluding carboxylic acids is 1. The lowest BCUT2D eigenvalue weighted by atomic mass is 10.2. The number of halogens is 1. The van der Waals surface area contributed by atoms with E-state index in [1.807, 2.05) is 42.5 Å². The fraction of sp³-hybridized carbons (Fsp3) is 0.188. The zero-order chi connectivity index (χ0) is 15.1. The number of anilines is 1. The van der Waals surface area contributed by atoms with Crippen LogP contribution in [0.15, 0.2) is 48.5 Å². The van der Waals surface area contributed by atoms with Gasteiger partial charge >= 0.3 is 0 Å². The highest BCUT2D eigenvalue weighted by Crippen LogP contribution is 2.21. The van der Waals surface area contributed by atoms with Crippen LogP contribution in [0, 0.1) is 0 Å². The Morgan fingerprint density at radius 3 is 2.81 bits per heavy atom. The molecule has 0 aliphatic heterocycles. The van der Waals surface area contributed by atoms with Gasteiger partial charge in [-0.25, -0.2) is 0 Å². The summed E-state index contributed by atoms with van der Waals surface area (Å²) >= 11 is 7.61. The molecule has 0 aliphatic rings. The van der Waals surface area contributed by atoms with E-state index in [1.54, 1.807) is 13.2 Å². The van der Waals surface area contributed by atoms with Gasteiger partial charge in [0, 0.05) is 22.5 Å². The summed E-state index contributed by atoms with van der Waals surface area (Å²) in [7, 11) is 1.60. The van der Waals surface area contributed by atoms with E-state index < -0.39 is 0 Å². The summed E-state index contributed by atoms with van der Waals surface area (Å²) in [5, 5.41) is 3.58. The third kappa shape index (κ3) is 4.99. The van der Waals surface area contributed by atoms with Gasteiger partial charge in [0.15, 0.2) is 0 Å². The van der Waals surface area contributed by atoms with Crippen molar-refractivity contribution in [2.75, 3.05) is 18.2 Å². The van der Waals surface area contributed by atoms with Crippen molar-refractivity contribution >= 4 is 35.0 Å². The molecule has 1 N–H and O–H groups in total. The molecule has 110 valence electrons. The minimum atomic E-state index is -0.0414. The molecule has 3 nitrogen and oxygen atoms in total. The molecule has 0 atom stereocenters. The van der Waals surface area contributed by atoms with Crippen LogP contribution < -0.4 is 10.1 Å². The van der Waals surface area contributed by atoms with E-state index in [9.17, 15) is 4.79 Å². The van der Waals surface area contributed by atoms with Crippen LogP contribution in [0.5, 0.6) is 5.75 Å². The van der Waals surface area contributed by atoms with Crippen LogP contribution >= 0.6 is 23.4 Å². The molecule has 0 saturated carbocycles. The number of carbonyl (C=O) groups is 1. The minimum Gasteiger partial charge on any atom is -0.497 e. The number of hydrogen-bond acceptors (Lipinski definition) is 3. The maximum Gasteiger partial charge on any atom is 0.234 e. The Hall–Kier alpha value is -1.65. The van der Waals surface area contributed by atoms with Crippen molar-refractivity contribution in [3.8, 4) is 5.75 Å². The van der Waals surface area contributed by atoms with Crippen LogP contribution in [0.3, 0.4) is 0 Å². The van der Waals surface area contributed by atoms with Gasteiger partial charge in [0.2, 0.25) is 5.91 Å². The molecular formula is C16H16ClNO2S. The zero-order valence-corrected chi connectivity index (χ0v) is 13.2. The number of nitrogens with one attached hydrogen (secondary N) is 1. The van der Waals surface area contributed by atoms with Gasteiger partial charge in [-0.2, -0.15) is 0 Å². The molecule has 0 radical (unpaired) electrons. The number of benzene rings is 2. The second-order valence-corrected chi connectivity index (χ2v) is 5.76. The highest BCUT2D eigenvalue weighted by Gasteiger charge is 2.05. The minimum absolute atomic E-state index is 0.0414. The van der Waals surface area contributed by atoms with Gasteiger partial charge in [-0.3, -0.25) is 4.79 Å². The zero-order valence-electron chi connectivity index (χ0n) is 11.6. The average Bonchev–Trinajstić information content (AvgIpc) is 2.49. The number of hydrogen-bond donors (Lipinski definition) is 1. The maximum absolute atomic E-state index is 11.9. The van der Waals surface area contributed by atoms with Gasteiger partial charge in [-0.1, -0.05) is 35.9 Å². The average molecular weight is 322 g/mol.